The Labute approximate surface area is 226 Å². The summed E-state index contributed by atoms with van der Waals surface area (Å²) < 4.78 is 16.7. The molecule has 194 valence electrons. The lowest BCUT2D eigenvalue weighted by molar-refractivity contribution is 0.0956. The number of methoxy groups -OCH3 is 2. The van der Waals surface area contributed by atoms with Gasteiger partial charge in [0.25, 0.3) is 5.91 Å². The first-order valence-electron chi connectivity index (χ1n) is 12.4. The number of ether oxygens (including phenoxy) is 3. The summed E-state index contributed by atoms with van der Waals surface area (Å²) in [7, 11) is 3.21. The Morgan fingerprint density at radius 2 is 1.62 bits per heavy atom. The highest BCUT2D eigenvalue weighted by atomic mass is 16.5. The minimum Gasteiger partial charge on any atom is -0.497 e. The average Bonchev–Trinajstić information content (AvgIpc) is 3.00. The maximum absolute atomic E-state index is 13.2. The number of pyridine rings is 1. The second-order valence-corrected chi connectivity index (χ2v) is 8.68. The molecular formula is C32H27N3O4. The van der Waals surface area contributed by atoms with Crippen molar-refractivity contribution in [1.29, 1.82) is 0 Å². The van der Waals surface area contributed by atoms with E-state index in [4.69, 9.17) is 19.2 Å². The van der Waals surface area contributed by atoms with E-state index in [1.54, 1.807) is 32.6 Å². The third-order valence-electron chi connectivity index (χ3n) is 6.15. The predicted molar refractivity (Wildman–Crippen MR) is 153 cm³/mol. The van der Waals surface area contributed by atoms with Gasteiger partial charge in [0.15, 0.2) is 11.5 Å². The minimum absolute atomic E-state index is 0.339. The summed E-state index contributed by atoms with van der Waals surface area (Å²) in [4.78, 5) is 18.0. The standard InChI is InChI=1S/C32H27N3O4/c1-37-25-15-13-24(14-16-25)29-19-27(26-10-6-7-11-28(26)34-29)32(36)35-33-20-23-12-17-30(31(18-23)38-2)39-21-22-8-4-3-5-9-22/h3-20H,21H2,1-2H3,(H,35,36). The molecule has 1 aromatic heterocycles. The van der Waals surface area contributed by atoms with E-state index in [1.807, 2.05) is 91.0 Å². The van der Waals surface area contributed by atoms with Gasteiger partial charge in [-0.3, -0.25) is 4.79 Å². The highest BCUT2D eigenvalue weighted by Gasteiger charge is 2.14. The van der Waals surface area contributed by atoms with Crippen LogP contribution in [0.5, 0.6) is 17.2 Å². The number of nitrogens with one attached hydrogen (secondary N) is 1. The molecule has 7 heteroatoms. The van der Waals surface area contributed by atoms with Crippen LogP contribution in [0.4, 0.5) is 0 Å². The highest BCUT2D eigenvalue weighted by molar-refractivity contribution is 6.07. The molecule has 1 N–H and O–H groups in total. The van der Waals surface area contributed by atoms with Gasteiger partial charge in [0.05, 0.1) is 37.2 Å². The highest BCUT2D eigenvalue weighted by Crippen LogP contribution is 2.29. The molecule has 0 aliphatic heterocycles. The Bertz CT molecular complexity index is 1620. The summed E-state index contributed by atoms with van der Waals surface area (Å²) >= 11 is 0. The Morgan fingerprint density at radius 3 is 2.38 bits per heavy atom. The number of aromatic nitrogens is 1. The fourth-order valence-corrected chi connectivity index (χ4v) is 4.12. The molecule has 0 bridgehead atoms. The molecule has 5 rings (SSSR count). The van der Waals surface area contributed by atoms with E-state index < -0.39 is 0 Å². The fourth-order valence-electron chi connectivity index (χ4n) is 4.12. The number of hydrogen-bond donors (Lipinski definition) is 1. The second kappa shape index (κ2) is 11.9. The van der Waals surface area contributed by atoms with E-state index in [0.29, 0.717) is 29.4 Å². The molecule has 4 aromatic carbocycles. The fraction of sp³-hybridized carbons (Fsp3) is 0.0938. The number of hydrazone groups is 1. The van der Waals surface area contributed by atoms with Crippen molar-refractivity contribution in [3.8, 4) is 28.5 Å². The molecule has 7 nitrogen and oxygen atoms in total. The van der Waals surface area contributed by atoms with Crippen molar-refractivity contribution in [2.75, 3.05) is 14.2 Å². The van der Waals surface area contributed by atoms with E-state index in [-0.39, 0.29) is 5.91 Å². The molecule has 0 unspecified atom stereocenters. The van der Waals surface area contributed by atoms with Crippen molar-refractivity contribution < 1.29 is 19.0 Å². The number of para-hydroxylation sites is 1. The van der Waals surface area contributed by atoms with Crippen LogP contribution in [-0.2, 0) is 6.61 Å². The SMILES string of the molecule is COc1ccc(-c2cc(C(=O)NN=Cc3ccc(OCc4ccccc4)c(OC)c3)c3ccccc3n2)cc1. The van der Waals surface area contributed by atoms with Crippen LogP contribution in [0.25, 0.3) is 22.2 Å². The molecule has 5 aromatic rings. The molecule has 1 amide bonds. The third-order valence-corrected chi connectivity index (χ3v) is 6.15. The van der Waals surface area contributed by atoms with Gasteiger partial charge in [-0.05, 0) is 65.7 Å². The zero-order valence-corrected chi connectivity index (χ0v) is 21.6. The Hall–Kier alpha value is -5.17. The van der Waals surface area contributed by atoms with E-state index in [2.05, 4.69) is 10.5 Å². The van der Waals surface area contributed by atoms with Gasteiger partial charge in [0.2, 0.25) is 0 Å². The van der Waals surface area contributed by atoms with Crippen molar-refractivity contribution >= 4 is 23.0 Å². The molecule has 0 saturated carbocycles. The number of hydrogen-bond acceptors (Lipinski definition) is 6. The Balaban J connectivity index is 1.33. The number of benzene rings is 4. The molecule has 0 fully saturated rings. The first-order valence-corrected chi connectivity index (χ1v) is 12.4. The minimum atomic E-state index is -0.339. The van der Waals surface area contributed by atoms with E-state index >= 15 is 0 Å². The van der Waals surface area contributed by atoms with Gasteiger partial charge in [-0.15, -0.1) is 0 Å². The van der Waals surface area contributed by atoms with E-state index in [9.17, 15) is 4.79 Å². The van der Waals surface area contributed by atoms with Gasteiger partial charge in [-0.2, -0.15) is 5.10 Å². The normalized spacial score (nSPS) is 10.9. The van der Waals surface area contributed by atoms with Crippen LogP contribution < -0.4 is 19.6 Å². The largest absolute Gasteiger partial charge is 0.497 e. The lowest BCUT2D eigenvalue weighted by atomic mass is 10.0. The molecule has 0 atom stereocenters. The smallest absolute Gasteiger partial charge is 0.272 e. The molecule has 0 saturated heterocycles. The van der Waals surface area contributed by atoms with Gasteiger partial charge < -0.3 is 14.2 Å². The Kier molecular flexibility index (Phi) is 7.79. The molecule has 39 heavy (non-hydrogen) atoms. The Morgan fingerprint density at radius 1 is 0.846 bits per heavy atom. The van der Waals surface area contributed by atoms with Crippen molar-refractivity contribution in [3.63, 3.8) is 0 Å². The number of carbonyl (C=O) groups is 1. The van der Waals surface area contributed by atoms with Crippen LogP contribution in [0.15, 0.2) is 108 Å². The number of rotatable bonds is 9. The van der Waals surface area contributed by atoms with Gasteiger partial charge in [0.1, 0.15) is 12.4 Å². The van der Waals surface area contributed by atoms with Crippen LogP contribution in [0, 0.1) is 0 Å². The predicted octanol–water partition coefficient (Wildman–Crippen LogP) is 6.26. The van der Waals surface area contributed by atoms with Crippen molar-refractivity contribution in [2.45, 2.75) is 6.61 Å². The second-order valence-electron chi connectivity index (χ2n) is 8.68. The first kappa shape index (κ1) is 25.5. The zero-order valence-electron chi connectivity index (χ0n) is 21.6. The summed E-state index contributed by atoms with van der Waals surface area (Å²) in [5.74, 6) is 1.61. The summed E-state index contributed by atoms with van der Waals surface area (Å²) in [5, 5.41) is 4.93. The van der Waals surface area contributed by atoms with Crippen molar-refractivity contribution in [3.05, 3.63) is 120 Å². The van der Waals surface area contributed by atoms with Gasteiger partial charge in [-0.25, -0.2) is 10.4 Å². The first-order chi connectivity index (χ1) is 19.1. The molecule has 0 aliphatic rings. The lowest BCUT2D eigenvalue weighted by Gasteiger charge is -2.11. The van der Waals surface area contributed by atoms with Crippen LogP contribution in [0.2, 0.25) is 0 Å². The summed E-state index contributed by atoms with van der Waals surface area (Å²) in [5.41, 5.74) is 7.21. The molecular weight excluding hydrogens is 490 g/mol. The monoisotopic (exact) mass is 517 g/mol. The molecule has 0 spiro atoms. The topological polar surface area (TPSA) is 82.0 Å². The van der Waals surface area contributed by atoms with Crippen molar-refractivity contribution in [2.24, 2.45) is 5.10 Å². The number of carbonyl (C=O) groups excluding carboxylic acids is 1. The zero-order chi connectivity index (χ0) is 27.0. The molecule has 0 radical (unpaired) electrons. The van der Waals surface area contributed by atoms with Crippen molar-refractivity contribution in [1.82, 2.24) is 10.4 Å². The quantitative estimate of drug-likeness (QED) is 0.184. The molecule has 0 aliphatic carbocycles. The average molecular weight is 518 g/mol. The van der Waals surface area contributed by atoms with Crippen LogP contribution in [-0.4, -0.2) is 31.3 Å². The number of nitrogens with zero attached hydrogens (tertiary/aromatic N) is 2. The number of fused-ring (bicyclic) bond motifs is 1. The number of amides is 1. The summed E-state index contributed by atoms with van der Waals surface area (Å²) in [6.07, 6.45) is 1.56. The maximum Gasteiger partial charge on any atom is 0.272 e. The lowest BCUT2D eigenvalue weighted by Crippen LogP contribution is -2.18. The van der Waals surface area contributed by atoms with Gasteiger partial charge >= 0.3 is 0 Å². The summed E-state index contributed by atoms with van der Waals surface area (Å²) in [6.45, 7) is 0.430. The van der Waals surface area contributed by atoms with Crippen LogP contribution in [0.1, 0.15) is 21.5 Å². The summed E-state index contributed by atoms with van der Waals surface area (Å²) in [6, 6.07) is 32.3. The molecule has 1 heterocycles. The van der Waals surface area contributed by atoms with E-state index in [1.165, 1.54) is 0 Å². The van der Waals surface area contributed by atoms with Crippen LogP contribution >= 0.6 is 0 Å². The maximum atomic E-state index is 13.2. The van der Waals surface area contributed by atoms with Crippen LogP contribution in [0.3, 0.4) is 0 Å². The van der Waals surface area contributed by atoms with Gasteiger partial charge in [0, 0.05) is 10.9 Å². The third kappa shape index (κ3) is 6.05. The van der Waals surface area contributed by atoms with E-state index in [0.717, 1.165) is 33.3 Å². The van der Waals surface area contributed by atoms with Gasteiger partial charge in [-0.1, -0.05) is 48.5 Å².